The van der Waals surface area contributed by atoms with Crippen molar-refractivity contribution in [3.05, 3.63) is 58.4 Å². The van der Waals surface area contributed by atoms with Crippen LogP contribution in [0.5, 0.6) is 0 Å². The fourth-order valence-corrected chi connectivity index (χ4v) is 4.44. The molecule has 0 spiro atoms. The number of nitrogen functional groups attached to an aromatic ring is 2. The molecule has 1 aromatic heterocycles. The normalized spacial score (nSPS) is 15.0. The van der Waals surface area contributed by atoms with Crippen LogP contribution in [0.3, 0.4) is 0 Å². The molecule has 1 aliphatic carbocycles. The Labute approximate surface area is 160 Å². The van der Waals surface area contributed by atoms with Gasteiger partial charge in [0.25, 0.3) is 0 Å². The van der Waals surface area contributed by atoms with Crippen LogP contribution in [0, 0.1) is 0 Å². The molecule has 0 amide bonds. The Hall–Kier alpha value is -2.50. The fraction of sp³-hybridized carbons (Fsp3) is 0.150. The minimum Gasteiger partial charge on any atom is -0.481 e. The molecule has 0 radical (unpaired) electrons. The molecule has 0 unspecified atom stereocenters. The molecule has 2 aromatic carbocycles. The van der Waals surface area contributed by atoms with E-state index in [9.17, 15) is 9.90 Å². The number of halogens is 1. The molecule has 0 atom stereocenters. The van der Waals surface area contributed by atoms with Crippen LogP contribution in [0.2, 0.25) is 4.34 Å². The van der Waals surface area contributed by atoms with Gasteiger partial charge in [-0.15, -0.1) is 11.3 Å². The van der Waals surface area contributed by atoms with Crippen molar-refractivity contribution in [3.8, 4) is 21.6 Å². The van der Waals surface area contributed by atoms with E-state index in [2.05, 4.69) is 0 Å². The van der Waals surface area contributed by atoms with Gasteiger partial charge in [0, 0.05) is 11.3 Å². The molecule has 0 saturated heterocycles. The highest BCUT2D eigenvalue weighted by Gasteiger charge is 2.51. The number of benzene rings is 2. The van der Waals surface area contributed by atoms with Gasteiger partial charge in [-0.2, -0.15) is 0 Å². The Morgan fingerprint density at radius 3 is 2.15 bits per heavy atom. The lowest BCUT2D eigenvalue weighted by molar-refractivity contribution is -0.140. The van der Waals surface area contributed by atoms with Crippen molar-refractivity contribution in [2.24, 2.45) is 0 Å². The van der Waals surface area contributed by atoms with Crippen LogP contribution in [0.4, 0.5) is 11.4 Å². The summed E-state index contributed by atoms with van der Waals surface area (Å²) in [5.41, 5.74) is 16.5. The topological polar surface area (TPSA) is 89.3 Å². The van der Waals surface area contributed by atoms with E-state index in [4.69, 9.17) is 23.1 Å². The number of hydrogen-bond donors (Lipinski definition) is 3. The molecule has 6 heteroatoms. The van der Waals surface area contributed by atoms with Gasteiger partial charge in [0.1, 0.15) is 0 Å². The molecule has 3 aromatic rings. The minimum atomic E-state index is -0.749. The third-order valence-corrected chi connectivity index (χ3v) is 6.28. The van der Waals surface area contributed by atoms with E-state index < -0.39 is 11.4 Å². The molecule has 1 aliphatic rings. The van der Waals surface area contributed by atoms with Gasteiger partial charge in [-0.1, -0.05) is 48.0 Å². The number of anilines is 2. The van der Waals surface area contributed by atoms with Crippen molar-refractivity contribution >= 4 is 40.3 Å². The maximum Gasteiger partial charge on any atom is 0.314 e. The summed E-state index contributed by atoms with van der Waals surface area (Å²) >= 11 is 7.45. The average Bonchev–Trinajstić information content (AvgIpc) is 3.35. The number of carboxylic acids is 1. The zero-order chi connectivity index (χ0) is 18.5. The van der Waals surface area contributed by atoms with Gasteiger partial charge >= 0.3 is 5.97 Å². The largest absolute Gasteiger partial charge is 0.481 e. The Balaban J connectivity index is 1.66. The summed E-state index contributed by atoms with van der Waals surface area (Å²) in [4.78, 5) is 12.4. The summed E-state index contributed by atoms with van der Waals surface area (Å²) in [6, 6.07) is 15.2. The highest BCUT2D eigenvalue weighted by molar-refractivity contribution is 7.20. The van der Waals surface area contributed by atoms with Crippen LogP contribution >= 0.6 is 22.9 Å². The van der Waals surface area contributed by atoms with E-state index in [0.29, 0.717) is 28.6 Å². The average molecular weight is 385 g/mol. The zero-order valence-corrected chi connectivity index (χ0v) is 15.4. The smallest absolute Gasteiger partial charge is 0.314 e. The summed E-state index contributed by atoms with van der Waals surface area (Å²) in [7, 11) is 0. The van der Waals surface area contributed by atoms with Gasteiger partial charge in [0.15, 0.2) is 0 Å². The summed E-state index contributed by atoms with van der Waals surface area (Å²) in [6.07, 6.45) is 1.40. The highest BCUT2D eigenvalue weighted by atomic mass is 35.5. The monoisotopic (exact) mass is 384 g/mol. The van der Waals surface area contributed by atoms with E-state index >= 15 is 0 Å². The van der Waals surface area contributed by atoms with Crippen LogP contribution in [0.15, 0.2) is 48.5 Å². The second-order valence-corrected chi connectivity index (χ2v) is 8.29. The molecule has 1 saturated carbocycles. The first-order valence-corrected chi connectivity index (χ1v) is 9.39. The summed E-state index contributed by atoms with van der Waals surface area (Å²) in [5.74, 6) is -0.749. The molecule has 132 valence electrons. The van der Waals surface area contributed by atoms with E-state index in [-0.39, 0.29) is 0 Å². The molecule has 4 nitrogen and oxygen atoms in total. The van der Waals surface area contributed by atoms with Gasteiger partial charge in [0.05, 0.1) is 20.3 Å². The third kappa shape index (κ3) is 2.73. The minimum absolute atomic E-state index is 0.638. The lowest BCUT2D eigenvalue weighted by Gasteiger charge is -2.12. The van der Waals surface area contributed by atoms with Crippen LogP contribution in [-0.4, -0.2) is 11.1 Å². The van der Waals surface area contributed by atoms with Gasteiger partial charge in [-0.3, -0.25) is 4.79 Å². The zero-order valence-electron chi connectivity index (χ0n) is 13.8. The lowest BCUT2D eigenvalue weighted by atomic mass is 9.93. The number of carboxylic acid groups (broad SMARTS) is 1. The SMILES string of the molecule is Nc1cc(-c2sc(Cl)cc2N)ccc1-c1ccc(C2(C(=O)O)CC2)cc1. The predicted molar refractivity (Wildman–Crippen MR) is 108 cm³/mol. The maximum absolute atomic E-state index is 11.5. The molecular formula is C20H17ClN2O2S. The first kappa shape index (κ1) is 16.9. The van der Waals surface area contributed by atoms with Crippen LogP contribution in [-0.2, 0) is 10.2 Å². The Bertz CT molecular complexity index is 1010. The van der Waals surface area contributed by atoms with Crippen LogP contribution in [0.1, 0.15) is 18.4 Å². The summed E-state index contributed by atoms with van der Waals surface area (Å²) in [6.45, 7) is 0. The first-order valence-electron chi connectivity index (χ1n) is 8.20. The number of hydrogen-bond acceptors (Lipinski definition) is 4. The molecule has 5 N–H and O–H groups in total. The van der Waals surface area contributed by atoms with Gasteiger partial charge in [-0.25, -0.2) is 0 Å². The molecule has 26 heavy (non-hydrogen) atoms. The Morgan fingerprint density at radius 2 is 1.65 bits per heavy atom. The second-order valence-electron chi connectivity index (χ2n) is 6.60. The number of aliphatic carboxylic acids is 1. The molecule has 0 aliphatic heterocycles. The fourth-order valence-electron chi connectivity index (χ4n) is 3.29. The number of carbonyl (C=O) groups is 1. The van der Waals surface area contributed by atoms with Gasteiger partial charge < -0.3 is 16.6 Å². The van der Waals surface area contributed by atoms with Crippen LogP contribution < -0.4 is 11.5 Å². The first-order chi connectivity index (χ1) is 12.4. The summed E-state index contributed by atoms with van der Waals surface area (Å²) < 4.78 is 0.642. The van der Waals surface area contributed by atoms with Crippen molar-refractivity contribution in [2.75, 3.05) is 11.5 Å². The van der Waals surface area contributed by atoms with Gasteiger partial charge in [0.2, 0.25) is 0 Å². The van der Waals surface area contributed by atoms with Crippen molar-refractivity contribution in [1.29, 1.82) is 0 Å². The molecule has 1 heterocycles. The lowest BCUT2D eigenvalue weighted by Crippen LogP contribution is -2.19. The third-order valence-electron chi connectivity index (χ3n) is 4.95. The number of nitrogens with two attached hydrogens (primary N) is 2. The molecular weight excluding hydrogens is 368 g/mol. The molecule has 4 rings (SSSR count). The number of thiophene rings is 1. The van der Waals surface area contributed by atoms with Crippen molar-refractivity contribution in [1.82, 2.24) is 0 Å². The van der Waals surface area contributed by atoms with E-state index in [1.165, 1.54) is 11.3 Å². The summed E-state index contributed by atoms with van der Waals surface area (Å²) in [5, 5.41) is 9.41. The highest BCUT2D eigenvalue weighted by Crippen LogP contribution is 2.48. The van der Waals surface area contributed by atoms with Crippen molar-refractivity contribution in [2.45, 2.75) is 18.3 Å². The Morgan fingerprint density at radius 1 is 1.00 bits per heavy atom. The number of rotatable bonds is 4. The molecule has 1 fully saturated rings. The molecule has 0 bridgehead atoms. The van der Waals surface area contributed by atoms with Crippen LogP contribution in [0.25, 0.3) is 21.6 Å². The van der Waals surface area contributed by atoms with E-state index in [1.807, 2.05) is 42.5 Å². The van der Waals surface area contributed by atoms with E-state index in [0.717, 1.165) is 27.1 Å². The van der Waals surface area contributed by atoms with E-state index in [1.54, 1.807) is 6.07 Å². The predicted octanol–water partition coefficient (Wildman–Crippen LogP) is 5.02. The maximum atomic E-state index is 11.5. The van der Waals surface area contributed by atoms with Crippen molar-refractivity contribution in [3.63, 3.8) is 0 Å². The van der Waals surface area contributed by atoms with Gasteiger partial charge in [-0.05, 0) is 41.7 Å². The Kier molecular flexibility index (Phi) is 3.93. The van der Waals surface area contributed by atoms with Crippen molar-refractivity contribution < 1.29 is 9.90 Å². The second kappa shape index (κ2) is 6.04. The standard InChI is InChI=1S/C20H17ClN2O2S/c21-17-10-16(23)18(26-17)12-3-6-14(15(22)9-12)11-1-4-13(5-2-11)20(7-8-20)19(24)25/h1-6,9-10H,7-8,22-23H2,(H,24,25). The quantitative estimate of drug-likeness (QED) is 0.551.